The summed E-state index contributed by atoms with van der Waals surface area (Å²) >= 11 is 1.13. The number of nitrogens with zero attached hydrogens (tertiary/aromatic N) is 4. The molecule has 29 heavy (non-hydrogen) atoms. The van der Waals surface area contributed by atoms with E-state index < -0.39 is 0 Å². The van der Waals surface area contributed by atoms with Crippen LogP contribution in [0.4, 0.5) is 0 Å². The van der Waals surface area contributed by atoms with Crippen molar-refractivity contribution in [3.05, 3.63) is 70.2 Å². The number of hydrogen-bond donors (Lipinski definition) is 3. The Balaban J connectivity index is 1.38. The minimum atomic E-state index is 0.678. The first-order chi connectivity index (χ1) is 14.3. The summed E-state index contributed by atoms with van der Waals surface area (Å²) in [6.45, 7) is 4.74. The molecule has 1 radical (unpaired) electrons. The predicted octanol–water partition coefficient (Wildman–Crippen LogP) is 2.97. The lowest BCUT2D eigenvalue weighted by Crippen LogP contribution is -2.27. The van der Waals surface area contributed by atoms with Gasteiger partial charge in [0.05, 0.1) is 17.9 Å². The molecule has 7 nitrogen and oxygen atoms in total. The summed E-state index contributed by atoms with van der Waals surface area (Å²) in [5.74, 6) is 2.50. The van der Waals surface area contributed by atoms with Crippen molar-refractivity contribution in [1.29, 1.82) is 0 Å². The third-order valence-corrected chi connectivity index (χ3v) is 5.70. The fourth-order valence-corrected chi connectivity index (χ4v) is 4.11. The van der Waals surface area contributed by atoms with E-state index in [4.69, 9.17) is 4.52 Å². The molecule has 2 aromatic rings. The summed E-state index contributed by atoms with van der Waals surface area (Å²) in [4.78, 5) is 12.4. The Morgan fingerprint density at radius 3 is 2.97 bits per heavy atom. The van der Waals surface area contributed by atoms with Gasteiger partial charge >= 0.3 is 0 Å². The molecule has 0 saturated carbocycles. The molecule has 2 aliphatic heterocycles. The van der Waals surface area contributed by atoms with E-state index in [1.807, 2.05) is 29.9 Å². The van der Waals surface area contributed by atoms with Crippen LogP contribution < -0.4 is 10.6 Å². The third-order valence-electron chi connectivity index (χ3n) is 4.85. The van der Waals surface area contributed by atoms with Crippen molar-refractivity contribution in [2.75, 3.05) is 19.8 Å². The number of thiol groups is 1. The molecule has 2 N–H and O–H groups in total. The number of unbranched alkanes of at least 4 members (excludes halogenated alkanes) is 1. The smallest absolute Gasteiger partial charge is 0.228 e. The molecule has 0 unspecified atom stereocenters. The Morgan fingerprint density at radius 2 is 2.17 bits per heavy atom. The minimum Gasteiger partial charge on any atom is -0.370 e. The highest BCUT2D eigenvalue weighted by Crippen LogP contribution is 2.32. The SMILES string of the molecule is CCCCNC1=C(C2=CN=C[SH]2)N(CCc2nc(Cc3ccccc3)no2)CN1. The number of nitrogens with one attached hydrogen (secondary N) is 2. The van der Waals surface area contributed by atoms with Crippen LogP contribution in [0.2, 0.25) is 0 Å². The second-order valence-corrected chi connectivity index (χ2v) is 8.00. The second kappa shape index (κ2) is 9.65. The van der Waals surface area contributed by atoms with Gasteiger partial charge in [-0.15, -0.1) is 11.8 Å². The van der Waals surface area contributed by atoms with E-state index in [1.54, 1.807) is 0 Å². The van der Waals surface area contributed by atoms with Crippen LogP contribution in [0.1, 0.15) is 37.0 Å². The van der Waals surface area contributed by atoms with E-state index in [-0.39, 0.29) is 0 Å². The molecule has 0 bridgehead atoms. The van der Waals surface area contributed by atoms with E-state index >= 15 is 0 Å². The summed E-state index contributed by atoms with van der Waals surface area (Å²) in [5.41, 5.74) is 4.31. The predicted molar refractivity (Wildman–Crippen MR) is 117 cm³/mol. The van der Waals surface area contributed by atoms with E-state index in [1.165, 1.54) is 22.6 Å². The van der Waals surface area contributed by atoms with Gasteiger partial charge in [0.15, 0.2) is 5.82 Å². The highest BCUT2D eigenvalue weighted by atomic mass is 32.2. The van der Waals surface area contributed by atoms with Crippen LogP contribution in [0.25, 0.3) is 0 Å². The van der Waals surface area contributed by atoms with Gasteiger partial charge in [0.2, 0.25) is 5.89 Å². The van der Waals surface area contributed by atoms with Gasteiger partial charge in [-0.25, -0.2) is 0 Å². The number of aromatic nitrogens is 2. The monoisotopic (exact) mass is 411 g/mol. The summed E-state index contributed by atoms with van der Waals surface area (Å²) in [5, 5.41) is 11.2. The van der Waals surface area contributed by atoms with E-state index in [9.17, 15) is 0 Å². The van der Waals surface area contributed by atoms with Gasteiger partial charge in [0.1, 0.15) is 5.82 Å². The van der Waals surface area contributed by atoms with E-state index in [0.29, 0.717) is 18.7 Å². The van der Waals surface area contributed by atoms with E-state index in [0.717, 1.165) is 49.6 Å². The first-order valence-corrected chi connectivity index (χ1v) is 11.0. The van der Waals surface area contributed by atoms with Gasteiger partial charge in [-0.2, -0.15) is 4.98 Å². The number of aliphatic imine (C=N–C) groups is 1. The largest absolute Gasteiger partial charge is 0.370 e. The minimum absolute atomic E-state index is 0.678. The standard InChI is InChI=1S/C21H27N6OS/c1-2-3-10-23-21-20(17-13-22-15-29-17)27(14-24-21)11-9-19-25-18(26-28-19)12-16-7-5-4-6-8-16/h4-8,13,15,23-24,29H,2-3,9-12,14H2,1H3. The van der Waals surface area contributed by atoms with Crippen molar-refractivity contribution >= 4 is 17.3 Å². The molecular weight excluding hydrogens is 384 g/mol. The summed E-state index contributed by atoms with van der Waals surface area (Å²) in [6, 6.07) is 10.2. The maximum Gasteiger partial charge on any atom is 0.228 e. The van der Waals surface area contributed by atoms with Crippen molar-refractivity contribution in [3.63, 3.8) is 0 Å². The molecule has 4 rings (SSSR count). The molecule has 0 atom stereocenters. The molecule has 153 valence electrons. The zero-order valence-corrected chi connectivity index (χ0v) is 17.5. The molecule has 1 aromatic carbocycles. The first kappa shape index (κ1) is 19.6. The van der Waals surface area contributed by atoms with Crippen LogP contribution in [0, 0.1) is 0 Å². The average molecular weight is 412 g/mol. The summed E-state index contributed by atoms with van der Waals surface area (Å²) in [6.07, 6.45) is 5.67. The zero-order chi connectivity index (χ0) is 19.9. The summed E-state index contributed by atoms with van der Waals surface area (Å²) < 4.78 is 5.48. The van der Waals surface area contributed by atoms with Crippen molar-refractivity contribution in [2.45, 2.75) is 32.6 Å². The Morgan fingerprint density at radius 1 is 1.28 bits per heavy atom. The van der Waals surface area contributed by atoms with Crippen LogP contribution in [-0.4, -0.2) is 40.3 Å². The van der Waals surface area contributed by atoms with Crippen molar-refractivity contribution in [1.82, 2.24) is 25.7 Å². The quantitative estimate of drug-likeness (QED) is 0.412. The lowest BCUT2D eigenvalue weighted by Gasteiger charge is -2.20. The van der Waals surface area contributed by atoms with Crippen molar-refractivity contribution in [3.8, 4) is 0 Å². The maximum absolute atomic E-state index is 5.48. The van der Waals surface area contributed by atoms with Crippen LogP contribution in [0.3, 0.4) is 0 Å². The Kier molecular flexibility index (Phi) is 6.51. The lowest BCUT2D eigenvalue weighted by molar-refractivity contribution is 0.329. The number of hydrogen-bond acceptors (Lipinski definition) is 7. The maximum atomic E-state index is 5.48. The Hall–Kier alpha value is -2.74. The molecule has 0 spiro atoms. The number of rotatable bonds is 10. The molecule has 0 amide bonds. The lowest BCUT2D eigenvalue weighted by atomic mass is 10.1. The third kappa shape index (κ3) is 5.00. The molecule has 8 heteroatoms. The highest BCUT2D eigenvalue weighted by Gasteiger charge is 2.26. The Bertz CT molecular complexity index is 905. The molecule has 2 aliphatic rings. The van der Waals surface area contributed by atoms with Crippen LogP contribution in [0.5, 0.6) is 0 Å². The van der Waals surface area contributed by atoms with Gasteiger partial charge in [0.25, 0.3) is 0 Å². The highest BCUT2D eigenvalue weighted by molar-refractivity contribution is 8.15. The fraction of sp³-hybridized carbons (Fsp3) is 0.381. The van der Waals surface area contributed by atoms with Gasteiger partial charge < -0.3 is 20.1 Å². The molecule has 0 aliphatic carbocycles. The molecule has 0 saturated heterocycles. The molecule has 0 fully saturated rings. The number of benzene rings is 1. The topological polar surface area (TPSA) is 78.6 Å². The van der Waals surface area contributed by atoms with Crippen LogP contribution in [-0.2, 0) is 12.8 Å². The van der Waals surface area contributed by atoms with Crippen LogP contribution >= 0.6 is 11.8 Å². The van der Waals surface area contributed by atoms with Gasteiger partial charge in [0, 0.05) is 37.0 Å². The van der Waals surface area contributed by atoms with Crippen molar-refractivity contribution < 1.29 is 4.52 Å². The zero-order valence-electron chi connectivity index (χ0n) is 16.6. The Labute approximate surface area is 175 Å². The van der Waals surface area contributed by atoms with Gasteiger partial charge in [-0.1, -0.05) is 48.8 Å². The molecular formula is C21H27N6OS. The average Bonchev–Trinajstić information content (AvgIpc) is 3.48. The normalized spacial score (nSPS) is 15.8. The molecule has 1 aromatic heterocycles. The first-order valence-electron chi connectivity index (χ1n) is 10.1. The fourth-order valence-electron chi connectivity index (χ4n) is 3.34. The summed E-state index contributed by atoms with van der Waals surface area (Å²) in [7, 11) is 0. The van der Waals surface area contributed by atoms with E-state index in [2.05, 4.69) is 49.7 Å². The second-order valence-electron chi connectivity index (χ2n) is 7.03. The van der Waals surface area contributed by atoms with Crippen molar-refractivity contribution in [2.24, 2.45) is 4.99 Å². The van der Waals surface area contributed by atoms with Gasteiger partial charge in [-0.3, -0.25) is 4.99 Å². The molecule has 3 heterocycles. The van der Waals surface area contributed by atoms with Crippen LogP contribution in [0.15, 0.2) is 62.5 Å². The van der Waals surface area contributed by atoms with Gasteiger partial charge in [-0.05, 0) is 12.0 Å².